The van der Waals surface area contributed by atoms with E-state index < -0.39 is 11.7 Å². The van der Waals surface area contributed by atoms with Gasteiger partial charge in [-0.1, -0.05) is 0 Å². The number of benzene rings is 1. The van der Waals surface area contributed by atoms with Gasteiger partial charge in [-0.25, -0.2) is 4.98 Å². The number of aromatic nitrogens is 1. The molecule has 0 saturated heterocycles. The predicted molar refractivity (Wildman–Crippen MR) is 70.3 cm³/mol. The number of nitrogens with one attached hydrogen (secondary N) is 1. The molecule has 0 atom stereocenters. The van der Waals surface area contributed by atoms with E-state index in [-0.39, 0.29) is 5.56 Å². The molecule has 0 aliphatic carbocycles. The molecule has 0 spiro atoms. The summed E-state index contributed by atoms with van der Waals surface area (Å²) >= 11 is 1.49. The number of nitriles is 1. The molecular weight excluding hydrogens is 287 g/mol. The molecule has 0 aliphatic heterocycles. The molecule has 0 aliphatic rings. The Morgan fingerprint density at radius 3 is 2.70 bits per heavy atom. The maximum absolute atomic E-state index is 12.6. The SMILES string of the molecule is Cc1ncc(CNc2ccc(C(F)(F)F)cc2C#N)s1. The van der Waals surface area contributed by atoms with Crippen LogP contribution >= 0.6 is 11.3 Å². The van der Waals surface area contributed by atoms with Gasteiger partial charge in [-0.2, -0.15) is 18.4 Å². The Balaban J connectivity index is 2.18. The smallest absolute Gasteiger partial charge is 0.379 e. The lowest BCUT2D eigenvalue weighted by atomic mass is 10.1. The second-order valence-electron chi connectivity index (χ2n) is 4.07. The molecule has 104 valence electrons. The van der Waals surface area contributed by atoms with Crippen LogP contribution < -0.4 is 5.32 Å². The van der Waals surface area contributed by atoms with Gasteiger partial charge >= 0.3 is 6.18 Å². The highest BCUT2D eigenvalue weighted by atomic mass is 32.1. The number of nitrogens with zero attached hydrogens (tertiary/aromatic N) is 2. The highest BCUT2D eigenvalue weighted by Gasteiger charge is 2.31. The van der Waals surface area contributed by atoms with E-state index in [1.165, 1.54) is 17.4 Å². The van der Waals surface area contributed by atoms with Gasteiger partial charge in [0, 0.05) is 11.1 Å². The summed E-state index contributed by atoms with van der Waals surface area (Å²) < 4.78 is 37.7. The van der Waals surface area contributed by atoms with Crippen LogP contribution in [-0.2, 0) is 12.7 Å². The van der Waals surface area contributed by atoms with Crippen LogP contribution in [0.15, 0.2) is 24.4 Å². The van der Waals surface area contributed by atoms with Crippen molar-refractivity contribution in [3.63, 3.8) is 0 Å². The second kappa shape index (κ2) is 5.51. The molecule has 0 radical (unpaired) electrons. The minimum absolute atomic E-state index is 0.0268. The van der Waals surface area contributed by atoms with Crippen LogP contribution in [0.5, 0.6) is 0 Å². The number of halogens is 3. The summed E-state index contributed by atoms with van der Waals surface area (Å²) in [5, 5.41) is 12.8. The average Bonchev–Trinajstić information content (AvgIpc) is 2.81. The first-order valence-corrected chi connectivity index (χ1v) is 6.48. The number of hydrogen-bond donors (Lipinski definition) is 1. The zero-order valence-corrected chi connectivity index (χ0v) is 11.3. The van der Waals surface area contributed by atoms with Gasteiger partial charge in [-0.3, -0.25) is 0 Å². The summed E-state index contributed by atoms with van der Waals surface area (Å²) in [4.78, 5) is 5.03. The van der Waals surface area contributed by atoms with Crippen molar-refractivity contribution in [1.29, 1.82) is 5.26 Å². The van der Waals surface area contributed by atoms with Crippen molar-refractivity contribution < 1.29 is 13.2 Å². The maximum Gasteiger partial charge on any atom is 0.416 e. The molecule has 0 amide bonds. The molecule has 1 aromatic heterocycles. The Morgan fingerprint density at radius 2 is 2.15 bits per heavy atom. The van der Waals surface area contributed by atoms with Gasteiger partial charge in [0.15, 0.2) is 0 Å². The van der Waals surface area contributed by atoms with Gasteiger partial charge in [0.1, 0.15) is 6.07 Å². The molecule has 0 saturated carbocycles. The van der Waals surface area contributed by atoms with Gasteiger partial charge in [0.2, 0.25) is 0 Å². The van der Waals surface area contributed by atoms with E-state index in [1.54, 1.807) is 12.3 Å². The van der Waals surface area contributed by atoms with Gasteiger partial charge in [0.25, 0.3) is 0 Å². The molecular formula is C13H10F3N3S. The molecule has 20 heavy (non-hydrogen) atoms. The normalized spacial score (nSPS) is 11.2. The number of thiazole rings is 1. The molecule has 1 heterocycles. The fourth-order valence-corrected chi connectivity index (χ4v) is 2.37. The molecule has 2 rings (SSSR count). The molecule has 1 N–H and O–H groups in total. The van der Waals surface area contributed by atoms with Crippen molar-refractivity contribution in [2.24, 2.45) is 0 Å². The highest BCUT2D eigenvalue weighted by molar-refractivity contribution is 7.11. The second-order valence-corrected chi connectivity index (χ2v) is 5.39. The standard InChI is InChI=1S/C13H10F3N3S/c1-8-18-6-11(20-8)7-19-12-3-2-10(13(14,15)16)4-9(12)5-17/h2-4,6,19H,7H2,1H3. The summed E-state index contributed by atoms with van der Waals surface area (Å²) in [5.41, 5.74) is -0.471. The summed E-state index contributed by atoms with van der Waals surface area (Å²) in [5.74, 6) is 0. The van der Waals surface area contributed by atoms with Crippen molar-refractivity contribution in [2.45, 2.75) is 19.6 Å². The van der Waals surface area contributed by atoms with Crippen LogP contribution in [0.3, 0.4) is 0 Å². The summed E-state index contributed by atoms with van der Waals surface area (Å²) in [6.45, 7) is 2.29. The van der Waals surface area contributed by atoms with E-state index >= 15 is 0 Å². The van der Waals surface area contributed by atoms with Crippen molar-refractivity contribution in [1.82, 2.24) is 4.98 Å². The Morgan fingerprint density at radius 1 is 1.40 bits per heavy atom. The Bertz CT molecular complexity index is 656. The Labute approximate surface area is 117 Å². The quantitative estimate of drug-likeness (QED) is 0.933. The van der Waals surface area contributed by atoms with Crippen LogP contribution in [0.2, 0.25) is 0 Å². The first-order chi connectivity index (χ1) is 9.40. The summed E-state index contributed by atoms with van der Waals surface area (Å²) in [6, 6.07) is 4.85. The molecule has 7 heteroatoms. The third-order valence-electron chi connectivity index (χ3n) is 2.59. The fourth-order valence-electron chi connectivity index (χ4n) is 1.64. The number of aryl methyl sites for hydroxylation is 1. The summed E-state index contributed by atoms with van der Waals surface area (Å²) in [6.07, 6.45) is -2.75. The average molecular weight is 297 g/mol. The number of alkyl halides is 3. The molecule has 1 aromatic carbocycles. The lowest BCUT2D eigenvalue weighted by Crippen LogP contribution is -2.07. The van der Waals surface area contributed by atoms with Crippen molar-refractivity contribution in [2.75, 3.05) is 5.32 Å². The van der Waals surface area contributed by atoms with E-state index in [2.05, 4.69) is 10.3 Å². The highest BCUT2D eigenvalue weighted by Crippen LogP contribution is 2.31. The van der Waals surface area contributed by atoms with Crippen LogP contribution in [0.4, 0.5) is 18.9 Å². The third kappa shape index (κ3) is 3.27. The minimum Gasteiger partial charge on any atom is -0.379 e. The first kappa shape index (κ1) is 14.3. The molecule has 0 fully saturated rings. The van der Waals surface area contributed by atoms with E-state index in [4.69, 9.17) is 5.26 Å². The number of hydrogen-bond acceptors (Lipinski definition) is 4. The molecule has 3 nitrogen and oxygen atoms in total. The van der Waals surface area contributed by atoms with E-state index in [9.17, 15) is 13.2 Å². The van der Waals surface area contributed by atoms with Gasteiger partial charge < -0.3 is 5.32 Å². The van der Waals surface area contributed by atoms with Gasteiger partial charge in [-0.05, 0) is 25.1 Å². The summed E-state index contributed by atoms with van der Waals surface area (Å²) in [7, 11) is 0. The van der Waals surface area contributed by atoms with E-state index in [1.807, 2.05) is 6.92 Å². The van der Waals surface area contributed by atoms with Crippen LogP contribution in [0, 0.1) is 18.3 Å². The Kier molecular flexibility index (Phi) is 3.95. The zero-order valence-electron chi connectivity index (χ0n) is 10.5. The molecule has 0 bridgehead atoms. The number of anilines is 1. The zero-order chi connectivity index (χ0) is 14.8. The maximum atomic E-state index is 12.6. The topological polar surface area (TPSA) is 48.7 Å². The molecule has 2 aromatic rings. The predicted octanol–water partition coefficient (Wildman–Crippen LogP) is 3.95. The van der Waals surface area contributed by atoms with Gasteiger partial charge in [0.05, 0.1) is 28.4 Å². The lowest BCUT2D eigenvalue weighted by molar-refractivity contribution is -0.137. The van der Waals surface area contributed by atoms with Crippen LogP contribution in [0.1, 0.15) is 21.0 Å². The van der Waals surface area contributed by atoms with Crippen LogP contribution in [-0.4, -0.2) is 4.98 Å². The van der Waals surface area contributed by atoms with Gasteiger partial charge in [-0.15, -0.1) is 11.3 Å². The van der Waals surface area contributed by atoms with Crippen LogP contribution in [0.25, 0.3) is 0 Å². The van der Waals surface area contributed by atoms with E-state index in [0.29, 0.717) is 12.2 Å². The van der Waals surface area contributed by atoms with Crippen molar-refractivity contribution in [3.8, 4) is 6.07 Å². The minimum atomic E-state index is -4.45. The lowest BCUT2D eigenvalue weighted by Gasteiger charge is -2.11. The first-order valence-electron chi connectivity index (χ1n) is 5.66. The van der Waals surface area contributed by atoms with Crippen molar-refractivity contribution in [3.05, 3.63) is 45.4 Å². The Hall–Kier alpha value is -2.07. The monoisotopic (exact) mass is 297 g/mol. The van der Waals surface area contributed by atoms with Crippen molar-refractivity contribution >= 4 is 17.0 Å². The number of rotatable bonds is 3. The fraction of sp³-hybridized carbons (Fsp3) is 0.231. The third-order valence-corrected chi connectivity index (χ3v) is 3.50. The molecule has 0 unspecified atom stereocenters. The largest absolute Gasteiger partial charge is 0.416 e. The van der Waals surface area contributed by atoms with E-state index in [0.717, 1.165) is 22.0 Å².